The number of hydrogen-bond donors (Lipinski definition) is 1. The van der Waals surface area contributed by atoms with E-state index in [1.807, 2.05) is 0 Å². The molecule has 0 fully saturated rings. The predicted octanol–water partition coefficient (Wildman–Crippen LogP) is 2.19. The van der Waals surface area contributed by atoms with Crippen LogP contribution in [0.3, 0.4) is 0 Å². The molecule has 22 heavy (non-hydrogen) atoms. The van der Waals surface area contributed by atoms with E-state index in [9.17, 15) is 18.0 Å². The summed E-state index contributed by atoms with van der Waals surface area (Å²) in [5.41, 5.74) is -2.16. The smallest absolute Gasteiger partial charge is 0.350 e. The van der Waals surface area contributed by atoms with Crippen molar-refractivity contribution in [3.8, 4) is 12.3 Å². The number of carbonyl (C=O) groups is 1. The Balaban J connectivity index is 1.87. The first-order valence-corrected chi connectivity index (χ1v) is 6.41. The number of alkyl halides is 3. The molecule has 9 heteroatoms. The van der Waals surface area contributed by atoms with E-state index in [1.165, 1.54) is 0 Å². The van der Waals surface area contributed by atoms with Crippen LogP contribution >= 0.6 is 0 Å². The van der Waals surface area contributed by atoms with Crippen LogP contribution in [0.5, 0.6) is 0 Å². The quantitative estimate of drug-likeness (QED) is 0.818. The maximum atomic E-state index is 12.5. The summed E-state index contributed by atoms with van der Waals surface area (Å²) < 4.78 is 37.5. The maximum Gasteiger partial charge on any atom is 0.434 e. The van der Waals surface area contributed by atoms with Gasteiger partial charge in [0.25, 0.3) is 5.91 Å². The fraction of sp³-hybridized carbons (Fsp3) is 0.462. The van der Waals surface area contributed by atoms with Crippen LogP contribution in [0, 0.1) is 12.3 Å². The van der Waals surface area contributed by atoms with Crippen molar-refractivity contribution in [3.63, 3.8) is 0 Å². The molecule has 0 bridgehead atoms. The number of aromatic nitrogens is 2. The summed E-state index contributed by atoms with van der Waals surface area (Å²) in [5, 5.41) is 10.2. The van der Waals surface area contributed by atoms with E-state index in [0.29, 0.717) is 25.5 Å². The predicted molar refractivity (Wildman–Crippen MR) is 69.6 cm³/mol. The molecule has 1 aliphatic heterocycles. The van der Waals surface area contributed by atoms with Crippen molar-refractivity contribution in [2.75, 3.05) is 6.54 Å². The van der Waals surface area contributed by atoms with Gasteiger partial charge < -0.3 is 5.32 Å². The molecule has 0 atom stereocenters. The summed E-state index contributed by atoms with van der Waals surface area (Å²) >= 11 is 0. The fourth-order valence-electron chi connectivity index (χ4n) is 1.75. The molecule has 0 saturated heterocycles. The second kappa shape index (κ2) is 6.09. The molecule has 0 aliphatic carbocycles. The van der Waals surface area contributed by atoms with E-state index >= 15 is 0 Å². The van der Waals surface area contributed by atoms with Gasteiger partial charge in [0.05, 0.1) is 12.4 Å². The first kappa shape index (κ1) is 15.9. The van der Waals surface area contributed by atoms with Crippen molar-refractivity contribution in [1.82, 2.24) is 15.3 Å². The van der Waals surface area contributed by atoms with Gasteiger partial charge in [-0.15, -0.1) is 12.3 Å². The molecule has 0 spiro atoms. The SMILES string of the molecule is C#CCCC1(CCNC(=O)c2cncc(C(F)(F)F)n2)N=N1. The fourth-order valence-corrected chi connectivity index (χ4v) is 1.75. The van der Waals surface area contributed by atoms with Crippen LogP contribution in [0.25, 0.3) is 0 Å². The molecule has 0 unspecified atom stereocenters. The van der Waals surface area contributed by atoms with Crippen molar-refractivity contribution >= 4 is 5.91 Å². The Morgan fingerprint density at radius 2 is 2.05 bits per heavy atom. The van der Waals surface area contributed by atoms with Crippen LogP contribution in [-0.4, -0.2) is 28.1 Å². The van der Waals surface area contributed by atoms with Crippen molar-refractivity contribution < 1.29 is 18.0 Å². The molecule has 1 aliphatic rings. The molecule has 0 saturated carbocycles. The number of hydrogen-bond acceptors (Lipinski definition) is 5. The number of rotatable bonds is 6. The van der Waals surface area contributed by atoms with Crippen LogP contribution < -0.4 is 5.32 Å². The van der Waals surface area contributed by atoms with E-state index < -0.39 is 29.1 Å². The molecule has 0 aromatic carbocycles. The Morgan fingerprint density at radius 3 is 2.64 bits per heavy atom. The highest BCUT2D eigenvalue weighted by Crippen LogP contribution is 2.36. The summed E-state index contributed by atoms with van der Waals surface area (Å²) in [6.45, 7) is 0.203. The normalized spacial score (nSPS) is 15.2. The molecular formula is C13H12F3N5O. The third-order valence-electron chi connectivity index (χ3n) is 3.02. The van der Waals surface area contributed by atoms with E-state index in [0.717, 1.165) is 6.20 Å². The van der Waals surface area contributed by atoms with Crippen LogP contribution in [0.15, 0.2) is 22.6 Å². The molecular weight excluding hydrogens is 299 g/mol. The summed E-state index contributed by atoms with van der Waals surface area (Å²) in [6, 6.07) is 0. The van der Waals surface area contributed by atoms with Crippen molar-refractivity contribution in [1.29, 1.82) is 0 Å². The topological polar surface area (TPSA) is 79.6 Å². The lowest BCUT2D eigenvalue weighted by Gasteiger charge is -2.10. The number of nitrogens with zero attached hydrogens (tertiary/aromatic N) is 4. The lowest BCUT2D eigenvalue weighted by Crippen LogP contribution is -2.29. The lowest BCUT2D eigenvalue weighted by molar-refractivity contribution is -0.141. The first-order chi connectivity index (χ1) is 10.4. The van der Waals surface area contributed by atoms with Gasteiger partial charge in [0.1, 0.15) is 5.69 Å². The Labute approximate surface area is 124 Å². The maximum absolute atomic E-state index is 12.5. The van der Waals surface area contributed by atoms with Crippen LogP contribution in [0.1, 0.15) is 35.4 Å². The molecule has 1 aromatic rings. The Bertz CT molecular complexity index is 629. The van der Waals surface area contributed by atoms with Gasteiger partial charge >= 0.3 is 6.18 Å². The van der Waals surface area contributed by atoms with E-state index in [4.69, 9.17) is 6.42 Å². The van der Waals surface area contributed by atoms with Crippen LogP contribution in [0.4, 0.5) is 13.2 Å². The molecule has 1 N–H and O–H groups in total. The summed E-state index contributed by atoms with van der Waals surface area (Å²) in [6.07, 6.45) is 3.59. The van der Waals surface area contributed by atoms with Gasteiger partial charge in [-0.25, -0.2) is 4.98 Å². The van der Waals surface area contributed by atoms with Gasteiger partial charge in [-0.05, 0) is 0 Å². The minimum atomic E-state index is -4.64. The Hall–Kier alpha value is -2.50. The number of amides is 1. The van der Waals surface area contributed by atoms with Gasteiger partial charge in [0.15, 0.2) is 11.4 Å². The molecule has 2 heterocycles. The molecule has 2 rings (SSSR count). The lowest BCUT2D eigenvalue weighted by atomic mass is 10.0. The van der Waals surface area contributed by atoms with Gasteiger partial charge in [-0.2, -0.15) is 23.4 Å². The van der Waals surface area contributed by atoms with Crippen molar-refractivity contribution in [2.45, 2.75) is 31.1 Å². The number of carbonyl (C=O) groups excluding carboxylic acids is 1. The zero-order valence-electron chi connectivity index (χ0n) is 11.4. The zero-order valence-corrected chi connectivity index (χ0v) is 11.4. The average Bonchev–Trinajstić information content (AvgIpc) is 3.24. The highest BCUT2D eigenvalue weighted by atomic mass is 19.4. The van der Waals surface area contributed by atoms with Gasteiger partial charge in [-0.3, -0.25) is 9.78 Å². The molecule has 116 valence electrons. The third kappa shape index (κ3) is 4.00. The highest BCUT2D eigenvalue weighted by molar-refractivity contribution is 5.91. The van der Waals surface area contributed by atoms with E-state index in [2.05, 4.69) is 31.4 Å². The summed E-state index contributed by atoms with van der Waals surface area (Å²) in [7, 11) is 0. The standard InChI is InChI=1S/C13H12F3N5O/c1-2-3-4-12(20-21-12)5-6-18-11(22)9-7-17-8-10(19-9)13(14,15)16/h1,7-8H,3-6H2,(H,18,22). The highest BCUT2D eigenvalue weighted by Gasteiger charge is 2.38. The Kier molecular flexibility index (Phi) is 4.40. The first-order valence-electron chi connectivity index (χ1n) is 6.41. The molecule has 6 nitrogen and oxygen atoms in total. The summed E-state index contributed by atoms with van der Waals surface area (Å²) in [5.74, 6) is 1.75. The number of halogens is 3. The van der Waals surface area contributed by atoms with Crippen molar-refractivity contribution in [2.24, 2.45) is 10.2 Å². The molecule has 1 amide bonds. The average molecular weight is 311 g/mol. The van der Waals surface area contributed by atoms with Gasteiger partial charge in [-0.1, -0.05) is 0 Å². The minimum absolute atomic E-state index is 0.203. The number of terminal acetylenes is 1. The van der Waals surface area contributed by atoms with Crippen molar-refractivity contribution in [3.05, 3.63) is 23.8 Å². The van der Waals surface area contributed by atoms with E-state index in [1.54, 1.807) is 0 Å². The molecule has 1 aromatic heterocycles. The van der Waals surface area contributed by atoms with Gasteiger partial charge in [0.2, 0.25) is 0 Å². The van der Waals surface area contributed by atoms with Crippen LogP contribution in [-0.2, 0) is 6.18 Å². The third-order valence-corrected chi connectivity index (χ3v) is 3.02. The molecule has 0 radical (unpaired) electrons. The largest absolute Gasteiger partial charge is 0.434 e. The second-order valence-corrected chi connectivity index (χ2v) is 4.68. The van der Waals surface area contributed by atoms with Crippen LogP contribution in [0.2, 0.25) is 0 Å². The van der Waals surface area contributed by atoms with E-state index in [-0.39, 0.29) is 6.54 Å². The second-order valence-electron chi connectivity index (χ2n) is 4.68. The summed E-state index contributed by atoms with van der Waals surface area (Å²) in [4.78, 5) is 18.4. The monoisotopic (exact) mass is 311 g/mol. The zero-order chi connectivity index (χ0) is 16.2. The number of nitrogens with one attached hydrogen (secondary N) is 1. The minimum Gasteiger partial charge on any atom is -0.350 e. The van der Waals surface area contributed by atoms with Gasteiger partial charge in [0, 0.05) is 25.8 Å². The Morgan fingerprint density at radius 1 is 1.32 bits per heavy atom.